The van der Waals surface area contributed by atoms with Crippen molar-refractivity contribution in [1.82, 2.24) is 34.7 Å². The minimum atomic E-state index is -0.558. The summed E-state index contributed by atoms with van der Waals surface area (Å²) >= 11 is 0. The summed E-state index contributed by atoms with van der Waals surface area (Å²) in [6.07, 6.45) is 4.15. The molecule has 1 aromatic carbocycles. The van der Waals surface area contributed by atoms with Crippen molar-refractivity contribution in [1.29, 1.82) is 0 Å². The molecule has 4 heterocycles. The van der Waals surface area contributed by atoms with E-state index in [-0.39, 0.29) is 24.9 Å². The van der Waals surface area contributed by atoms with Crippen LogP contribution in [0.15, 0.2) is 53.3 Å². The van der Waals surface area contributed by atoms with Crippen LogP contribution in [0.25, 0.3) is 28.3 Å². The average molecular weight is 604 g/mol. The van der Waals surface area contributed by atoms with E-state index in [4.69, 9.17) is 13.9 Å². The Hall–Kier alpha value is -5.47. The quantitative estimate of drug-likeness (QED) is 0.154. The number of carbonyl (C=O) groups is 3. The highest BCUT2D eigenvalue weighted by atomic mass is 16.6. The summed E-state index contributed by atoms with van der Waals surface area (Å²) < 4.78 is 18.9. The predicted molar refractivity (Wildman–Crippen MR) is 160 cm³/mol. The van der Waals surface area contributed by atoms with Gasteiger partial charge in [-0.3, -0.25) is 14.8 Å². The highest BCUT2D eigenvalue weighted by Gasteiger charge is 2.19. The molecule has 3 N–H and O–H groups in total. The Morgan fingerprint density at radius 2 is 1.80 bits per heavy atom. The third-order valence-electron chi connectivity index (χ3n) is 6.10. The lowest BCUT2D eigenvalue weighted by molar-refractivity contribution is -0.142. The number of esters is 1. The summed E-state index contributed by atoms with van der Waals surface area (Å²) in [4.78, 5) is 45.8. The summed E-state index contributed by atoms with van der Waals surface area (Å²) in [5, 5.41) is 17.6. The minimum Gasteiger partial charge on any atom is -0.465 e. The Balaban J connectivity index is 1.12. The van der Waals surface area contributed by atoms with Gasteiger partial charge in [-0.1, -0.05) is 12.1 Å². The fourth-order valence-corrected chi connectivity index (χ4v) is 4.20. The number of aryl methyl sites for hydroxylation is 1. The Morgan fingerprint density at radius 3 is 2.52 bits per heavy atom. The van der Waals surface area contributed by atoms with Gasteiger partial charge in [0.05, 0.1) is 24.7 Å². The Morgan fingerprint density at radius 1 is 1.00 bits per heavy atom. The highest BCUT2D eigenvalue weighted by molar-refractivity contribution is 6.00. The zero-order chi connectivity index (χ0) is 31.3. The van der Waals surface area contributed by atoms with Crippen LogP contribution in [0.5, 0.6) is 0 Å². The third kappa shape index (κ3) is 7.67. The summed E-state index contributed by atoms with van der Waals surface area (Å²) in [6, 6.07) is 9.73. The predicted octanol–water partition coefficient (Wildman–Crippen LogP) is 4.31. The van der Waals surface area contributed by atoms with Crippen molar-refractivity contribution in [2.24, 2.45) is 7.05 Å². The van der Waals surface area contributed by atoms with Crippen LogP contribution >= 0.6 is 0 Å². The first-order chi connectivity index (χ1) is 21.0. The molecule has 15 nitrogen and oxygen atoms in total. The standard InChI is InChI=1S/C29H33N9O6/c1-29(2,3)44-28(41)30-13-5-6-14-43-22(39)16-18-9-11-19(12-10-18)31-27(40)34-26-33-23-20(17-37(4)35-23)25-32-24(36-38(25)26)21-8-7-15-42-21/h7-12,15,17H,5-6,13-14,16H2,1-4H3,(H,30,41)(H2,31,33,34,35,40). The Labute approximate surface area is 251 Å². The first-order valence-corrected chi connectivity index (χ1v) is 14.0. The zero-order valence-corrected chi connectivity index (χ0v) is 24.8. The number of nitrogens with one attached hydrogen (secondary N) is 3. The van der Waals surface area contributed by atoms with Crippen LogP contribution in [0.3, 0.4) is 0 Å². The molecule has 5 aromatic rings. The number of unbranched alkanes of at least 4 members (excludes halogenated alkanes) is 1. The van der Waals surface area contributed by atoms with Crippen LogP contribution < -0.4 is 16.0 Å². The van der Waals surface area contributed by atoms with Gasteiger partial charge < -0.3 is 24.5 Å². The second-order valence-electron chi connectivity index (χ2n) is 10.9. The molecule has 5 rings (SSSR count). The summed E-state index contributed by atoms with van der Waals surface area (Å²) in [5.41, 5.74) is 1.53. The molecule has 0 radical (unpaired) electrons. The van der Waals surface area contributed by atoms with Crippen LogP contribution in [0.2, 0.25) is 0 Å². The van der Waals surface area contributed by atoms with Gasteiger partial charge in [0.1, 0.15) is 5.60 Å². The third-order valence-corrected chi connectivity index (χ3v) is 6.10. The van der Waals surface area contributed by atoms with Crippen molar-refractivity contribution in [3.63, 3.8) is 0 Å². The first kappa shape index (κ1) is 30.0. The molecule has 0 atom stereocenters. The Bertz CT molecular complexity index is 1770. The molecule has 44 heavy (non-hydrogen) atoms. The number of anilines is 2. The van der Waals surface area contributed by atoms with Crippen LogP contribution in [0.4, 0.5) is 21.2 Å². The van der Waals surface area contributed by atoms with Gasteiger partial charge in [-0.05, 0) is 63.4 Å². The van der Waals surface area contributed by atoms with Gasteiger partial charge in [-0.2, -0.15) is 14.6 Å². The lowest BCUT2D eigenvalue weighted by atomic mass is 10.1. The van der Waals surface area contributed by atoms with Crippen LogP contribution in [-0.4, -0.2) is 66.2 Å². The fraction of sp³-hybridized carbons (Fsp3) is 0.345. The minimum absolute atomic E-state index is 0.0823. The topological polar surface area (TPSA) is 180 Å². The SMILES string of the molecule is Cn1cc2c(nc(NC(=O)Nc3ccc(CC(=O)OCCCCNC(=O)OC(C)(C)C)cc3)n3nc(-c4ccco4)nc23)n1. The highest BCUT2D eigenvalue weighted by Crippen LogP contribution is 2.24. The number of hydrogen-bond donors (Lipinski definition) is 3. The number of urea groups is 1. The van der Waals surface area contributed by atoms with Gasteiger partial charge >= 0.3 is 18.1 Å². The van der Waals surface area contributed by atoms with Crippen molar-refractivity contribution >= 4 is 46.4 Å². The van der Waals surface area contributed by atoms with E-state index in [1.165, 1.54) is 10.8 Å². The van der Waals surface area contributed by atoms with Crippen molar-refractivity contribution in [3.05, 3.63) is 54.4 Å². The van der Waals surface area contributed by atoms with Crippen LogP contribution in [0.1, 0.15) is 39.2 Å². The van der Waals surface area contributed by atoms with Crippen LogP contribution in [0, 0.1) is 0 Å². The van der Waals surface area contributed by atoms with Gasteiger partial charge in [0.2, 0.25) is 11.8 Å². The first-order valence-electron chi connectivity index (χ1n) is 14.0. The van der Waals surface area contributed by atoms with E-state index in [0.29, 0.717) is 53.3 Å². The molecule has 230 valence electrons. The van der Waals surface area contributed by atoms with Gasteiger partial charge in [0, 0.05) is 25.5 Å². The molecule has 0 aliphatic rings. The van der Waals surface area contributed by atoms with E-state index >= 15 is 0 Å². The summed E-state index contributed by atoms with van der Waals surface area (Å²) in [7, 11) is 1.76. The molecule has 4 aromatic heterocycles. The van der Waals surface area contributed by atoms with E-state index < -0.39 is 17.7 Å². The Kier molecular flexibility index (Phi) is 8.73. The van der Waals surface area contributed by atoms with Crippen molar-refractivity contribution in [2.45, 2.75) is 45.6 Å². The van der Waals surface area contributed by atoms with E-state index in [0.717, 1.165) is 5.56 Å². The number of alkyl carbamates (subject to hydrolysis) is 1. The number of ether oxygens (including phenoxy) is 2. The molecule has 15 heteroatoms. The summed E-state index contributed by atoms with van der Waals surface area (Å²) in [5.74, 6) is 0.554. The lowest BCUT2D eigenvalue weighted by Gasteiger charge is -2.19. The van der Waals surface area contributed by atoms with E-state index in [2.05, 4.69) is 36.1 Å². The smallest absolute Gasteiger partial charge is 0.407 e. The van der Waals surface area contributed by atoms with Gasteiger partial charge in [0.15, 0.2) is 17.1 Å². The lowest BCUT2D eigenvalue weighted by Crippen LogP contribution is -2.33. The summed E-state index contributed by atoms with van der Waals surface area (Å²) in [6.45, 7) is 6.07. The second kappa shape index (κ2) is 12.8. The van der Waals surface area contributed by atoms with E-state index in [9.17, 15) is 14.4 Å². The molecule has 0 aliphatic heterocycles. The maximum absolute atomic E-state index is 12.9. The molecule has 0 spiro atoms. The van der Waals surface area contributed by atoms with Crippen molar-refractivity contribution in [2.75, 3.05) is 23.8 Å². The van der Waals surface area contributed by atoms with Crippen molar-refractivity contribution in [3.8, 4) is 11.6 Å². The molecule has 0 saturated carbocycles. The molecule has 0 fully saturated rings. The molecular formula is C29H33N9O6. The number of nitrogens with zero attached hydrogens (tertiary/aromatic N) is 6. The number of aromatic nitrogens is 6. The fourth-order valence-electron chi connectivity index (χ4n) is 4.20. The second-order valence-corrected chi connectivity index (χ2v) is 10.9. The number of furan rings is 1. The zero-order valence-electron chi connectivity index (χ0n) is 24.8. The van der Waals surface area contributed by atoms with Crippen LogP contribution in [-0.2, 0) is 27.7 Å². The number of rotatable bonds is 10. The largest absolute Gasteiger partial charge is 0.465 e. The molecule has 0 bridgehead atoms. The maximum atomic E-state index is 12.9. The molecule has 0 saturated heterocycles. The monoisotopic (exact) mass is 603 g/mol. The maximum Gasteiger partial charge on any atom is 0.407 e. The molecule has 3 amide bonds. The van der Waals surface area contributed by atoms with E-state index in [1.807, 2.05) is 0 Å². The molecular weight excluding hydrogens is 570 g/mol. The molecule has 0 unspecified atom stereocenters. The number of hydrogen-bond acceptors (Lipinski definition) is 10. The van der Waals surface area contributed by atoms with Gasteiger partial charge in [0.25, 0.3) is 0 Å². The normalized spacial score (nSPS) is 11.5. The number of amides is 3. The average Bonchev–Trinajstić information content (AvgIpc) is 3.70. The number of benzene rings is 1. The van der Waals surface area contributed by atoms with Gasteiger partial charge in [-0.25, -0.2) is 14.6 Å². The van der Waals surface area contributed by atoms with Crippen molar-refractivity contribution < 1.29 is 28.3 Å². The van der Waals surface area contributed by atoms with E-state index in [1.54, 1.807) is 75.1 Å². The van der Waals surface area contributed by atoms with Gasteiger partial charge in [-0.15, -0.1) is 5.10 Å². The number of carbonyl (C=O) groups excluding carboxylic acids is 3. The number of fused-ring (bicyclic) bond motifs is 3. The molecule has 0 aliphatic carbocycles.